The Bertz CT molecular complexity index is 328. The number of hydrogen-bond acceptors (Lipinski definition) is 2. The molecule has 0 saturated heterocycles. The van der Waals surface area contributed by atoms with Crippen LogP contribution >= 0.6 is 0 Å². The normalized spacial score (nSPS) is 11.1. The summed E-state index contributed by atoms with van der Waals surface area (Å²) in [6.45, 7) is 0. The van der Waals surface area contributed by atoms with Crippen molar-refractivity contribution in [2.24, 2.45) is 0 Å². The van der Waals surface area contributed by atoms with Crippen molar-refractivity contribution in [2.45, 2.75) is 6.18 Å². The fraction of sp³-hybridized carbons (Fsp3) is 0.125. The molecule has 0 bridgehead atoms. The maximum atomic E-state index is 12.3. The molecule has 0 aliphatic carbocycles. The first-order valence-electron chi connectivity index (χ1n) is 3.44. The Morgan fingerprint density at radius 2 is 1.64 bits per heavy atom. The number of ether oxygens (including phenoxy) is 1. The first-order chi connectivity index (χ1) is 6.39. The second kappa shape index (κ2) is 3.65. The second-order valence-electron chi connectivity index (χ2n) is 2.34. The first-order valence-corrected chi connectivity index (χ1v) is 3.44. The molecule has 6 heteroatoms. The monoisotopic (exact) mass is 208 g/mol. The maximum absolute atomic E-state index is 12.3. The topological polar surface area (TPSA) is 26.3 Å². The van der Waals surface area contributed by atoms with E-state index in [4.69, 9.17) is 0 Å². The van der Waals surface area contributed by atoms with Crippen molar-refractivity contribution in [3.05, 3.63) is 30.1 Å². The lowest BCUT2D eigenvalue weighted by atomic mass is 10.3. The van der Waals surface area contributed by atoms with E-state index in [1.165, 1.54) is 0 Å². The van der Waals surface area contributed by atoms with Crippen molar-refractivity contribution in [1.82, 2.24) is 0 Å². The van der Waals surface area contributed by atoms with Gasteiger partial charge < -0.3 is 4.74 Å². The summed E-state index contributed by atoms with van der Waals surface area (Å²) in [7, 11) is 0. The Kier molecular flexibility index (Phi) is 2.73. The average Bonchev–Trinajstić information content (AvgIpc) is 2.07. The molecule has 2 nitrogen and oxygen atoms in total. The zero-order valence-electron chi connectivity index (χ0n) is 6.64. The predicted octanol–water partition coefficient (Wildman–Crippen LogP) is 2.29. The minimum Gasteiger partial charge on any atom is -0.420 e. The molecule has 0 aromatic heterocycles. The van der Waals surface area contributed by atoms with Crippen LogP contribution in [0.15, 0.2) is 24.3 Å². The smallest absolute Gasteiger partial charge is 0.420 e. The minimum absolute atomic E-state index is 0.353. The lowest BCUT2D eigenvalue weighted by molar-refractivity contribution is -0.189. The van der Waals surface area contributed by atoms with Crippen molar-refractivity contribution in [3.8, 4) is 5.75 Å². The van der Waals surface area contributed by atoms with E-state index >= 15 is 0 Å². The van der Waals surface area contributed by atoms with Crippen LogP contribution in [-0.4, -0.2) is 12.1 Å². The summed E-state index contributed by atoms with van der Waals surface area (Å²) >= 11 is 0. The molecule has 0 radical (unpaired) electrons. The number of carbonyl (C=O) groups excluding carboxylic acids is 1. The fourth-order valence-corrected chi connectivity index (χ4v) is 0.668. The highest BCUT2D eigenvalue weighted by molar-refractivity contribution is 5.78. The molecule has 0 N–H and O–H groups in total. The molecule has 0 heterocycles. The van der Waals surface area contributed by atoms with Gasteiger partial charge in [0.15, 0.2) is 0 Å². The van der Waals surface area contributed by atoms with Gasteiger partial charge in [0.2, 0.25) is 0 Å². The molecular formula is C8H4F4O2. The van der Waals surface area contributed by atoms with Crippen LogP contribution in [0.3, 0.4) is 0 Å². The van der Waals surface area contributed by atoms with Gasteiger partial charge in [0.1, 0.15) is 11.6 Å². The van der Waals surface area contributed by atoms with Crippen LogP contribution in [0.4, 0.5) is 17.6 Å². The van der Waals surface area contributed by atoms with Crippen LogP contribution in [0.1, 0.15) is 0 Å². The van der Waals surface area contributed by atoms with Crippen molar-refractivity contribution >= 4 is 5.97 Å². The Morgan fingerprint density at radius 3 is 2.07 bits per heavy atom. The van der Waals surface area contributed by atoms with E-state index in [1.807, 2.05) is 0 Å². The quantitative estimate of drug-likeness (QED) is 0.402. The third kappa shape index (κ3) is 2.72. The van der Waals surface area contributed by atoms with Crippen LogP contribution in [0.25, 0.3) is 0 Å². The average molecular weight is 208 g/mol. The van der Waals surface area contributed by atoms with Gasteiger partial charge in [0, 0.05) is 0 Å². The lowest BCUT2D eigenvalue weighted by Gasteiger charge is -2.05. The molecule has 0 saturated carbocycles. The number of rotatable bonds is 1. The van der Waals surface area contributed by atoms with Gasteiger partial charge >= 0.3 is 12.1 Å². The summed E-state index contributed by atoms with van der Waals surface area (Å²) in [6, 6.07) is 3.63. The van der Waals surface area contributed by atoms with Crippen LogP contribution in [0, 0.1) is 5.82 Å². The standard InChI is InChI=1S/C8H4F4O2/c9-5-1-3-6(4-2-5)14-7(13)8(10,11)12/h1-4H. The summed E-state index contributed by atoms with van der Waals surface area (Å²) in [5, 5.41) is 0. The Morgan fingerprint density at radius 1 is 1.14 bits per heavy atom. The summed E-state index contributed by atoms with van der Waals surface area (Å²) in [6.07, 6.45) is -5.05. The zero-order chi connectivity index (χ0) is 10.8. The van der Waals surface area contributed by atoms with E-state index in [2.05, 4.69) is 4.74 Å². The summed E-state index contributed by atoms with van der Waals surface area (Å²) < 4.78 is 51.2. The summed E-state index contributed by atoms with van der Waals surface area (Å²) in [5.74, 6) is -3.31. The first kappa shape index (κ1) is 10.5. The molecule has 1 aromatic carbocycles. The third-order valence-electron chi connectivity index (χ3n) is 1.26. The number of carbonyl (C=O) groups is 1. The van der Waals surface area contributed by atoms with E-state index in [0.717, 1.165) is 24.3 Å². The van der Waals surface area contributed by atoms with Gasteiger partial charge in [-0.2, -0.15) is 13.2 Å². The van der Waals surface area contributed by atoms with E-state index < -0.39 is 18.0 Å². The highest BCUT2D eigenvalue weighted by Gasteiger charge is 2.41. The molecule has 0 atom stereocenters. The number of benzene rings is 1. The molecular weight excluding hydrogens is 204 g/mol. The second-order valence-corrected chi connectivity index (χ2v) is 2.34. The molecule has 0 spiro atoms. The fourth-order valence-electron chi connectivity index (χ4n) is 0.668. The Labute approximate surface area is 76.1 Å². The van der Waals surface area contributed by atoms with Crippen LogP contribution < -0.4 is 4.74 Å². The number of esters is 1. The van der Waals surface area contributed by atoms with Crippen molar-refractivity contribution in [3.63, 3.8) is 0 Å². The van der Waals surface area contributed by atoms with Gasteiger partial charge in [-0.15, -0.1) is 0 Å². The highest BCUT2D eigenvalue weighted by Crippen LogP contribution is 2.19. The lowest BCUT2D eigenvalue weighted by Crippen LogP contribution is -2.27. The molecule has 14 heavy (non-hydrogen) atoms. The summed E-state index contributed by atoms with van der Waals surface area (Å²) in [5.41, 5.74) is 0. The molecule has 0 fully saturated rings. The number of alkyl halides is 3. The van der Waals surface area contributed by atoms with E-state index in [0.29, 0.717) is 0 Å². The molecule has 0 amide bonds. The molecule has 1 rings (SSSR count). The Hall–Kier alpha value is -1.59. The number of halogens is 4. The summed E-state index contributed by atoms with van der Waals surface area (Å²) in [4.78, 5) is 10.3. The van der Waals surface area contributed by atoms with Crippen molar-refractivity contribution < 1.29 is 27.1 Å². The molecule has 0 aliphatic rings. The van der Waals surface area contributed by atoms with Crippen molar-refractivity contribution in [2.75, 3.05) is 0 Å². The number of hydrogen-bond donors (Lipinski definition) is 0. The van der Waals surface area contributed by atoms with Gasteiger partial charge in [0.25, 0.3) is 0 Å². The SMILES string of the molecule is O=C(Oc1ccc(F)cc1)C(F)(F)F. The van der Waals surface area contributed by atoms with E-state index in [-0.39, 0.29) is 5.75 Å². The van der Waals surface area contributed by atoms with Crippen molar-refractivity contribution in [1.29, 1.82) is 0 Å². The maximum Gasteiger partial charge on any atom is 0.491 e. The van der Waals surface area contributed by atoms with Crippen LogP contribution in [-0.2, 0) is 4.79 Å². The van der Waals surface area contributed by atoms with E-state index in [1.54, 1.807) is 0 Å². The van der Waals surface area contributed by atoms with Gasteiger partial charge in [-0.3, -0.25) is 0 Å². The molecule has 0 aliphatic heterocycles. The minimum atomic E-state index is -5.05. The third-order valence-corrected chi connectivity index (χ3v) is 1.26. The predicted molar refractivity (Wildman–Crippen MR) is 38.1 cm³/mol. The van der Waals surface area contributed by atoms with E-state index in [9.17, 15) is 22.4 Å². The molecule has 0 unspecified atom stereocenters. The van der Waals surface area contributed by atoms with Gasteiger partial charge in [0.05, 0.1) is 0 Å². The van der Waals surface area contributed by atoms with Gasteiger partial charge in [-0.05, 0) is 24.3 Å². The molecule has 76 valence electrons. The van der Waals surface area contributed by atoms with Gasteiger partial charge in [-0.1, -0.05) is 0 Å². The van der Waals surface area contributed by atoms with Crippen LogP contribution in [0.5, 0.6) is 5.75 Å². The molecule has 1 aromatic rings. The Balaban J connectivity index is 2.71. The van der Waals surface area contributed by atoms with Crippen LogP contribution in [0.2, 0.25) is 0 Å². The zero-order valence-corrected chi connectivity index (χ0v) is 6.64. The highest BCUT2D eigenvalue weighted by atomic mass is 19.4. The van der Waals surface area contributed by atoms with Gasteiger partial charge in [-0.25, -0.2) is 9.18 Å². The largest absolute Gasteiger partial charge is 0.491 e.